The van der Waals surface area contributed by atoms with Gasteiger partial charge in [-0.2, -0.15) is 0 Å². The number of unbranched alkanes of at least 4 members (excludes halogenated alkanes) is 1. The van der Waals surface area contributed by atoms with Gasteiger partial charge in [-0.15, -0.1) is 0 Å². The molecule has 0 fully saturated rings. The second kappa shape index (κ2) is 6.30. The maximum atomic E-state index is 11.6. The van der Waals surface area contributed by atoms with Gasteiger partial charge in [0.2, 0.25) is 0 Å². The third-order valence-electron chi connectivity index (χ3n) is 2.06. The molecule has 0 aliphatic heterocycles. The summed E-state index contributed by atoms with van der Waals surface area (Å²) in [6.45, 7) is 2.72. The number of halogens is 1. The number of rotatable bonds is 5. The van der Waals surface area contributed by atoms with Gasteiger partial charge in [0.15, 0.2) is 5.82 Å². The van der Waals surface area contributed by atoms with E-state index >= 15 is 0 Å². The van der Waals surface area contributed by atoms with Gasteiger partial charge in [-0.25, -0.2) is 10.8 Å². The lowest BCUT2D eigenvalue weighted by Crippen LogP contribution is -2.24. The molecule has 1 heterocycles. The topological polar surface area (TPSA) is 80.0 Å². The van der Waals surface area contributed by atoms with E-state index in [0.717, 1.165) is 12.8 Å². The Hall–Kier alpha value is -1.33. The SMILES string of the molecule is CCCCNC(=O)c1cnc(NN)c(Cl)c1. The molecule has 88 valence electrons. The van der Waals surface area contributed by atoms with E-state index in [1.807, 2.05) is 0 Å². The molecule has 0 bridgehead atoms. The average molecular weight is 243 g/mol. The molecule has 0 aliphatic rings. The first-order chi connectivity index (χ1) is 7.69. The summed E-state index contributed by atoms with van der Waals surface area (Å²) < 4.78 is 0. The molecular weight excluding hydrogens is 228 g/mol. The van der Waals surface area contributed by atoms with E-state index in [1.54, 1.807) is 0 Å². The third-order valence-corrected chi connectivity index (χ3v) is 2.34. The van der Waals surface area contributed by atoms with Crippen LogP contribution in [0.5, 0.6) is 0 Å². The lowest BCUT2D eigenvalue weighted by atomic mass is 10.2. The van der Waals surface area contributed by atoms with Crippen LogP contribution in [-0.2, 0) is 0 Å². The van der Waals surface area contributed by atoms with E-state index in [0.29, 0.717) is 22.9 Å². The minimum Gasteiger partial charge on any atom is -0.352 e. The maximum Gasteiger partial charge on any atom is 0.252 e. The molecule has 0 radical (unpaired) electrons. The zero-order chi connectivity index (χ0) is 12.0. The van der Waals surface area contributed by atoms with Crippen molar-refractivity contribution in [3.05, 3.63) is 22.8 Å². The Bertz CT molecular complexity index is 370. The van der Waals surface area contributed by atoms with Crippen molar-refractivity contribution >= 4 is 23.3 Å². The van der Waals surface area contributed by atoms with E-state index in [-0.39, 0.29) is 5.91 Å². The molecule has 1 rings (SSSR count). The quantitative estimate of drug-likeness (QED) is 0.416. The van der Waals surface area contributed by atoms with Crippen LogP contribution in [0.25, 0.3) is 0 Å². The van der Waals surface area contributed by atoms with Crippen LogP contribution in [0, 0.1) is 0 Å². The van der Waals surface area contributed by atoms with E-state index in [1.165, 1.54) is 12.3 Å². The summed E-state index contributed by atoms with van der Waals surface area (Å²) in [5, 5.41) is 3.10. The number of anilines is 1. The Morgan fingerprint density at radius 2 is 2.38 bits per heavy atom. The Morgan fingerprint density at radius 1 is 1.62 bits per heavy atom. The molecule has 0 saturated carbocycles. The Morgan fingerprint density at radius 3 is 2.94 bits per heavy atom. The number of nitrogens with one attached hydrogen (secondary N) is 2. The summed E-state index contributed by atoms with van der Waals surface area (Å²) in [7, 11) is 0. The van der Waals surface area contributed by atoms with Crippen LogP contribution in [-0.4, -0.2) is 17.4 Å². The van der Waals surface area contributed by atoms with Crippen molar-refractivity contribution < 1.29 is 4.79 Å². The van der Waals surface area contributed by atoms with Crippen molar-refractivity contribution in [3.8, 4) is 0 Å². The smallest absolute Gasteiger partial charge is 0.252 e. The second-order valence-electron chi connectivity index (χ2n) is 3.31. The number of nitrogens with zero attached hydrogens (tertiary/aromatic N) is 1. The Labute approximate surface area is 99.4 Å². The summed E-state index contributed by atoms with van der Waals surface area (Å²) in [6, 6.07) is 1.53. The first-order valence-corrected chi connectivity index (χ1v) is 5.47. The summed E-state index contributed by atoms with van der Waals surface area (Å²) in [5.74, 6) is 5.36. The highest BCUT2D eigenvalue weighted by Crippen LogP contribution is 2.18. The highest BCUT2D eigenvalue weighted by molar-refractivity contribution is 6.33. The van der Waals surface area contributed by atoms with Gasteiger partial charge in [0.1, 0.15) is 0 Å². The molecule has 0 aliphatic carbocycles. The summed E-state index contributed by atoms with van der Waals surface area (Å²) in [5.41, 5.74) is 2.77. The summed E-state index contributed by atoms with van der Waals surface area (Å²) in [4.78, 5) is 15.5. The fraction of sp³-hybridized carbons (Fsp3) is 0.400. The van der Waals surface area contributed by atoms with E-state index in [9.17, 15) is 4.79 Å². The number of hydrogen-bond donors (Lipinski definition) is 3. The summed E-state index contributed by atoms with van der Waals surface area (Å²) >= 11 is 5.85. The van der Waals surface area contributed by atoms with Crippen LogP contribution in [0.4, 0.5) is 5.82 Å². The van der Waals surface area contributed by atoms with Gasteiger partial charge < -0.3 is 10.7 Å². The first kappa shape index (κ1) is 12.7. The Balaban J connectivity index is 2.66. The van der Waals surface area contributed by atoms with Crippen LogP contribution in [0.1, 0.15) is 30.1 Å². The van der Waals surface area contributed by atoms with Gasteiger partial charge in [-0.1, -0.05) is 24.9 Å². The van der Waals surface area contributed by atoms with Crippen molar-refractivity contribution in [1.29, 1.82) is 0 Å². The number of hydrazine groups is 1. The number of amides is 1. The van der Waals surface area contributed by atoms with Gasteiger partial charge in [0, 0.05) is 12.7 Å². The van der Waals surface area contributed by atoms with Crippen molar-refractivity contribution in [2.45, 2.75) is 19.8 Å². The van der Waals surface area contributed by atoms with Gasteiger partial charge >= 0.3 is 0 Å². The average Bonchev–Trinajstić information content (AvgIpc) is 2.29. The van der Waals surface area contributed by atoms with Gasteiger partial charge in [0.25, 0.3) is 5.91 Å². The van der Waals surface area contributed by atoms with Crippen LogP contribution >= 0.6 is 11.6 Å². The monoisotopic (exact) mass is 242 g/mol. The fourth-order valence-electron chi connectivity index (χ4n) is 1.15. The number of aromatic nitrogens is 1. The van der Waals surface area contributed by atoms with Gasteiger partial charge in [0.05, 0.1) is 10.6 Å². The molecule has 0 atom stereocenters. The molecule has 1 amide bonds. The predicted molar refractivity (Wildman–Crippen MR) is 64.3 cm³/mol. The maximum absolute atomic E-state index is 11.6. The van der Waals surface area contributed by atoms with E-state index in [4.69, 9.17) is 17.4 Å². The number of pyridine rings is 1. The van der Waals surface area contributed by atoms with Crippen LogP contribution in [0.15, 0.2) is 12.3 Å². The first-order valence-electron chi connectivity index (χ1n) is 5.09. The molecule has 1 aromatic heterocycles. The standard InChI is InChI=1S/C10H15ClN4O/c1-2-3-4-13-10(16)7-5-8(11)9(15-12)14-6-7/h5-6H,2-4,12H2,1H3,(H,13,16)(H,14,15). The summed E-state index contributed by atoms with van der Waals surface area (Å²) in [6.07, 6.45) is 3.42. The van der Waals surface area contributed by atoms with Crippen LogP contribution in [0.3, 0.4) is 0 Å². The highest BCUT2D eigenvalue weighted by atomic mass is 35.5. The lowest BCUT2D eigenvalue weighted by molar-refractivity contribution is 0.0953. The van der Waals surface area contributed by atoms with Crippen LogP contribution in [0.2, 0.25) is 5.02 Å². The van der Waals surface area contributed by atoms with Crippen LogP contribution < -0.4 is 16.6 Å². The predicted octanol–water partition coefficient (Wildman–Crippen LogP) is 1.55. The number of carbonyl (C=O) groups is 1. The molecule has 0 spiro atoms. The lowest BCUT2D eigenvalue weighted by Gasteiger charge is -2.06. The fourth-order valence-corrected chi connectivity index (χ4v) is 1.37. The highest BCUT2D eigenvalue weighted by Gasteiger charge is 2.08. The zero-order valence-electron chi connectivity index (χ0n) is 9.09. The normalized spacial score (nSPS) is 9.94. The number of nitrogen functional groups attached to an aromatic ring is 1. The van der Waals surface area contributed by atoms with Gasteiger partial charge in [-0.05, 0) is 12.5 Å². The molecule has 1 aromatic rings. The van der Waals surface area contributed by atoms with Crippen molar-refractivity contribution in [1.82, 2.24) is 10.3 Å². The van der Waals surface area contributed by atoms with E-state index < -0.39 is 0 Å². The molecule has 0 unspecified atom stereocenters. The van der Waals surface area contributed by atoms with Crippen molar-refractivity contribution in [2.75, 3.05) is 12.0 Å². The molecule has 5 nitrogen and oxygen atoms in total. The second-order valence-corrected chi connectivity index (χ2v) is 3.72. The Kier molecular flexibility index (Phi) is 5.01. The minimum atomic E-state index is -0.175. The van der Waals surface area contributed by atoms with Crippen molar-refractivity contribution in [3.63, 3.8) is 0 Å². The number of carbonyl (C=O) groups excluding carboxylic acids is 1. The number of hydrogen-bond acceptors (Lipinski definition) is 4. The third kappa shape index (κ3) is 3.36. The molecule has 16 heavy (non-hydrogen) atoms. The largest absolute Gasteiger partial charge is 0.352 e. The van der Waals surface area contributed by atoms with Gasteiger partial charge in [-0.3, -0.25) is 4.79 Å². The molecule has 0 aromatic carbocycles. The zero-order valence-corrected chi connectivity index (χ0v) is 9.84. The molecule has 0 saturated heterocycles. The number of nitrogens with two attached hydrogens (primary N) is 1. The van der Waals surface area contributed by atoms with E-state index in [2.05, 4.69) is 22.7 Å². The molecular formula is C10H15ClN4O. The molecule has 4 N–H and O–H groups in total. The van der Waals surface area contributed by atoms with Crippen molar-refractivity contribution in [2.24, 2.45) is 5.84 Å². The molecule has 6 heteroatoms. The minimum absolute atomic E-state index is 0.175.